The van der Waals surface area contributed by atoms with E-state index in [0.29, 0.717) is 27.9 Å². The third-order valence-electron chi connectivity index (χ3n) is 4.66. The third-order valence-corrected chi connectivity index (χ3v) is 5.73. The molecule has 6 heteroatoms. The minimum atomic E-state index is -0.389. The molecule has 0 saturated heterocycles. The fourth-order valence-electron chi connectivity index (χ4n) is 3.08. The number of rotatable bonds is 5. The molecule has 0 bridgehead atoms. The molecular formula is C24H18ClNO3S. The number of hydrogen-bond donors (Lipinski definition) is 0. The lowest BCUT2D eigenvalue weighted by Crippen LogP contribution is -2.00. The van der Waals surface area contributed by atoms with E-state index in [2.05, 4.69) is 0 Å². The first kappa shape index (κ1) is 20.3. The van der Waals surface area contributed by atoms with Gasteiger partial charge < -0.3 is 9.15 Å². The standard InChI is InChI=1S/C24H18ClNO3S/c1-28-24(27)17-9-7-16(8-10-17)23-26-21(19-5-3-4-6-20(19)25)22(29-23)15-11-13-18(30-2)14-12-15/h3-14H,1-2H3. The smallest absolute Gasteiger partial charge is 0.337 e. The van der Waals surface area contributed by atoms with Gasteiger partial charge >= 0.3 is 5.97 Å². The molecule has 0 aliphatic heterocycles. The topological polar surface area (TPSA) is 52.3 Å². The molecule has 30 heavy (non-hydrogen) atoms. The maximum absolute atomic E-state index is 11.7. The molecule has 0 fully saturated rings. The van der Waals surface area contributed by atoms with Crippen molar-refractivity contribution in [3.8, 4) is 34.0 Å². The monoisotopic (exact) mass is 435 g/mol. The van der Waals surface area contributed by atoms with E-state index in [1.165, 1.54) is 7.11 Å². The normalized spacial score (nSPS) is 10.8. The molecule has 4 nitrogen and oxygen atoms in total. The lowest BCUT2D eigenvalue weighted by Gasteiger charge is -2.04. The van der Waals surface area contributed by atoms with Gasteiger partial charge in [0.1, 0.15) is 5.69 Å². The van der Waals surface area contributed by atoms with Crippen LogP contribution in [-0.4, -0.2) is 24.3 Å². The Hall–Kier alpha value is -3.02. The highest BCUT2D eigenvalue weighted by Crippen LogP contribution is 2.39. The number of halogens is 1. The molecule has 150 valence electrons. The number of oxazole rings is 1. The molecular weight excluding hydrogens is 418 g/mol. The number of esters is 1. The van der Waals surface area contributed by atoms with E-state index in [-0.39, 0.29) is 5.97 Å². The van der Waals surface area contributed by atoms with Crippen molar-refractivity contribution in [2.45, 2.75) is 4.90 Å². The van der Waals surface area contributed by atoms with E-state index < -0.39 is 0 Å². The van der Waals surface area contributed by atoms with Crippen LogP contribution < -0.4 is 0 Å². The Labute approximate surface area is 183 Å². The maximum Gasteiger partial charge on any atom is 0.337 e. The molecule has 1 heterocycles. The number of thioether (sulfide) groups is 1. The van der Waals surface area contributed by atoms with Crippen molar-refractivity contribution in [2.75, 3.05) is 13.4 Å². The molecule has 0 aliphatic rings. The summed E-state index contributed by atoms with van der Waals surface area (Å²) in [4.78, 5) is 17.6. The largest absolute Gasteiger partial charge is 0.465 e. The number of aromatic nitrogens is 1. The number of nitrogens with zero attached hydrogens (tertiary/aromatic N) is 1. The van der Waals surface area contributed by atoms with E-state index in [1.54, 1.807) is 36.0 Å². The van der Waals surface area contributed by atoms with Gasteiger partial charge in [0.15, 0.2) is 5.76 Å². The average molecular weight is 436 g/mol. The molecule has 3 aromatic carbocycles. The SMILES string of the molecule is COC(=O)c1ccc(-c2nc(-c3ccccc3Cl)c(-c3ccc(SC)cc3)o2)cc1. The summed E-state index contributed by atoms with van der Waals surface area (Å²) in [6, 6.07) is 22.6. The van der Waals surface area contributed by atoms with Gasteiger partial charge in [-0.15, -0.1) is 11.8 Å². The second-order valence-corrected chi connectivity index (χ2v) is 7.76. The molecule has 4 rings (SSSR count). The Kier molecular flexibility index (Phi) is 5.93. The van der Waals surface area contributed by atoms with Crippen LogP contribution in [0.2, 0.25) is 5.02 Å². The van der Waals surface area contributed by atoms with E-state index in [4.69, 9.17) is 25.7 Å². The third kappa shape index (κ3) is 3.99. The highest BCUT2D eigenvalue weighted by molar-refractivity contribution is 7.98. The summed E-state index contributed by atoms with van der Waals surface area (Å²) in [7, 11) is 1.36. The molecule has 0 atom stereocenters. The molecule has 0 saturated carbocycles. The van der Waals surface area contributed by atoms with Crippen molar-refractivity contribution < 1.29 is 13.9 Å². The summed E-state index contributed by atoms with van der Waals surface area (Å²) in [6.07, 6.45) is 2.04. The average Bonchev–Trinajstić information content (AvgIpc) is 3.24. The van der Waals surface area contributed by atoms with Gasteiger partial charge in [-0.1, -0.05) is 41.9 Å². The number of methoxy groups -OCH3 is 1. The molecule has 0 aliphatic carbocycles. The summed E-state index contributed by atoms with van der Waals surface area (Å²) in [5.74, 6) is 0.702. The van der Waals surface area contributed by atoms with Crippen molar-refractivity contribution in [3.63, 3.8) is 0 Å². The van der Waals surface area contributed by atoms with Gasteiger partial charge in [0.25, 0.3) is 0 Å². The molecule has 0 amide bonds. The second kappa shape index (κ2) is 8.78. The first-order chi connectivity index (χ1) is 14.6. The van der Waals surface area contributed by atoms with E-state index in [0.717, 1.165) is 21.6 Å². The summed E-state index contributed by atoms with van der Waals surface area (Å²) in [5.41, 5.74) is 3.59. The van der Waals surface area contributed by atoms with Crippen LogP contribution in [0.15, 0.2) is 82.1 Å². The van der Waals surface area contributed by atoms with Gasteiger partial charge in [0.2, 0.25) is 5.89 Å². The van der Waals surface area contributed by atoms with Gasteiger partial charge in [0, 0.05) is 21.6 Å². The van der Waals surface area contributed by atoms with Gasteiger partial charge in [-0.2, -0.15) is 0 Å². The van der Waals surface area contributed by atoms with Crippen LogP contribution in [0.1, 0.15) is 10.4 Å². The summed E-state index contributed by atoms with van der Waals surface area (Å²) < 4.78 is 11.0. The minimum Gasteiger partial charge on any atom is -0.465 e. The van der Waals surface area contributed by atoms with E-state index in [9.17, 15) is 4.79 Å². The van der Waals surface area contributed by atoms with Crippen molar-refractivity contribution in [3.05, 3.63) is 83.4 Å². The van der Waals surface area contributed by atoms with Crippen LogP contribution in [0.3, 0.4) is 0 Å². The molecule has 0 radical (unpaired) electrons. The minimum absolute atomic E-state index is 0.389. The van der Waals surface area contributed by atoms with E-state index in [1.807, 2.05) is 54.8 Å². The van der Waals surface area contributed by atoms with Crippen LogP contribution in [0.5, 0.6) is 0 Å². The first-order valence-corrected chi connectivity index (χ1v) is 10.8. The Morgan fingerprint density at radius 1 is 0.967 bits per heavy atom. The summed E-state index contributed by atoms with van der Waals surface area (Å²) in [5, 5.41) is 0.598. The van der Waals surface area contributed by atoms with Crippen molar-refractivity contribution >= 4 is 29.3 Å². The van der Waals surface area contributed by atoms with Gasteiger partial charge in [0.05, 0.1) is 17.7 Å². The first-order valence-electron chi connectivity index (χ1n) is 9.19. The van der Waals surface area contributed by atoms with Crippen molar-refractivity contribution in [1.82, 2.24) is 4.98 Å². The highest BCUT2D eigenvalue weighted by Gasteiger charge is 2.20. The Morgan fingerprint density at radius 2 is 1.63 bits per heavy atom. The quantitative estimate of drug-likeness (QED) is 0.254. The van der Waals surface area contributed by atoms with Crippen LogP contribution >= 0.6 is 23.4 Å². The van der Waals surface area contributed by atoms with Gasteiger partial charge in [-0.05, 0) is 48.7 Å². The number of hydrogen-bond acceptors (Lipinski definition) is 5. The van der Waals surface area contributed by atoms with Crippen molar-refractivity contribution in [1.29, 1.82) is 0 Å². The van der Waals surface area contributed by atoms with Gasteiger partial charge in [-0.3, -0.25) is 0 Å². The van der Waals surface area contributed by atoms with E-state index >= 15 is 0 Å². The number of carbonyl (C=O) groups excluding carboxylic acids is 1. The zero-order chi connectivity index (χ0) is 21.1. The molecule has 0 unspecified atom stereocenters. The Balaban J connectivity index is 1.83. The predicted octanol–water partition coefficient (Wildman–Crippen LogP) is 6.84. The number of carbonyl (C=O) groups is 1. The summed E-state index contributed by atoms with van der Waals surface area (Å²) in [6.45, 7) is 0. The van der Waals surface area contributed by atoms with Gasteiger partial charge in [-0.25, -0.2) is 9.78 Å². The van der Waals surface area contributed by atoms with Crippen LogP contribution in [0.4, 0.5) is 0 Å². The van der Waals surface area contributed by atoms with Crippen molar-refractivity contribution in [2.24, 2.45) is 0 Å². The Bertz CT molecular complexity index is 1180. The highest BCUT2D eigenvalue weighted by atomic mass is 35.5. The molecule has 4 aromatic rings. The lowest BCUT2D eigenvalue weighted by atomic mass is 10.1. The van der Waals surface area contributed by atoms with Crippen LogP contribution in [0.25, 0.3) is 34.0 Å². The lowest BCUT2D eigenvalue weighted by molar-refractivity contribution is 0.0600. The fraction of sp³-hybridized carbons (Fsp3) is 0.0833. The maximum atomic E-state index is 11.7. The number of benzene rings is 3. The predicted molar refractivity (Wildman–Crippen MR) is 121 cm³/mol. The summed E-state index contributed by atoms with van der Waals surface area (Å²) >= 11 is 8.13. The molecule has 0 N–H and O–H groups in total. The Morgan fingerprint density at radius 3 is 2.27 bits per heavy atom. The zero-order valence-electron chi connectivity index (χ0n) is 16.4. The second-order valence-electron chi connectivity index (χ2n) is 6.47. The molecule has 0 spiro atoms. The van der Waals surface area contributed by atoms with Crippen LogP contribution in [0, 0.1) is 0 Å². The fourth-order valence-corrected chi connectivity index (χ4v) is 3.72. The molecule has 1 aromatic heterocycles. The zero-order valence-corrected chi connectivity index (χ0v) is 18.0. The number of ether oxygens (including phenoxy) is 1. The van der Waals surface area contributed by atoms with Crippen LogP contribution in [-0.2, 0) is 4.74 Å².